The summed E-state index contributed by atoms with van der Waals surface area (Å²) in [5.74, 6) is 2.49. The Bertz CT molecular complexity index is 1240. The van der Waals surface area contributed by atoms with E-state index >= 15 is 0 Å². The van der Waals surface area contributed by atoms with Gasteiger partial charge in [0.2, 0.25) is 0 Å². The zero-order valence-corrected chi connectivity index (χ0v) is 21.5. The Kier molecular flexibility index (Phi) is 6.30. The van der Waals surface area contributed by atoms with Gasteiger partial charge in [-0.2, -0.15) is 0 Å². The molecule has 0 saturated heterocycles. The Labute approximate surface area is 211 Å². The number of aromatic nitrogens is 4. The maximum absolute atomic E-state index is 13.0. The molecule has 1 aromatic carbocycles. The van der Waals surface area contributed by atoms with Crippen LogP contribution in [0, 0.1) is 6.92 Å². The lowest BCUT2D eigenvalue weighted by atomic mass is 9.80. The van der Waals surface area contributed by atoms with Crippen LogP contribution in [0.3, 0.4) is 0 Å². The first-order chi connectivity index (χ1) is 16.7. The topological polar surface area (TPSA) is 73.1 Å². The van der Waals surface area contributed by atoms with Gasteiger partial charge in [-0.3, -0.25) is 14.5 Å². The molecule has 0 radical (unpaired) electrons. The van der Waals surface area contributed by atoms with E-state index in [-0.39, 0.29) is 6.09 Å². The number of nitrogens with zero attached hydrogens (tertiary/aromatic N) is 5. The summed E-state index contributed by atoms with van der Waals surface area (Å²) in [4.78, 5) is 19.4. The molecule has 2 aliphatic rings. The summed E-state index contributed by atoms with van der Waals surface area (Å²) in [7, 11) is 0. The third kappa shape index (κ3) is 5.06. The van der Waals surface area contributed by atoms with Crippen LogP contribution < -0.4 is 0 Å². The van der Waals surface area contributed by atoms with Gasteiger partial charge in [-0.1, -0.05) is 17.7 Å². The molecule has 5 rings (SSSR count). The molecule has 0 N–H and O–H groups in total. The number of carbonyl (C=O) groups is 1. The van der Waals surface area contributed by atoms with Crippen molar-refractivity contribution < 1.29 is 9.53 Å². The van der Waals surface area contributed by atoms with Crippen molar-refractivity contribution in [2.45, 2.75) is 83.9 Å². The molecule has 0 atom stereocenters. The maximum atomic E-state index is 13.0. The number of ether oxygens (including phenoxy) is 1. The lowest BCUT2D eigenvalue weighted by Gasteiger charge is -2.28. The first-order valence-corrected chi connectivity index (χ1v) is 12.7. The summed E-state index contributed by atoms with van der Waals surface area (Å²) in [6, 6.07) is 12.1. The largest absolute Gasteiger partial charge is 0.444 e. The normalized spacial score (nSPS) is 20.1. The van der Waals surface area contributed by atoms with Crippen LogP contribution in [0.2, 0.25) is 5.02 Å². The molecule has 2 aromatic heterocycles. The average Bonchev–Trinajstić information content (AvgIpc) is 3.13. The van der Waals surface area contributed by atoms with E-state index in [0.29, 0.717) is 29.9 Å². The van der Waals surface area contributed by atoms with Gasteiger partial charge in [0, 0.05) is 28.2 Å². The van der Waals surface area contributed by atoms with Gasteiger partial charge < -0.3 is 4.74 Å². The van der Waals surface area contributed by atoms with Crippen LogP contribution in [0.4, 0.5) is 4.79 Å². The highest BCUT2D eigenvalue weighted by molar-refractivity contribution is 6.30. The summed E-state index contributed by atoms with van der Waals surface area (Å²) < 4.78 is 7.81. The maximum Gasteiger partial charge on any atom is 0.411 e. The van der Waals surface area contributed by atoms with Crippen molar-refractivity contribution in [2.75, 3.05) is 0 Å². The Hall–Kier alpha value is -2.93. The molecule has 1 saturated carbocycles. The summed E-state index contributed by atoms with van der Waals surface area (Å²) in [5, 5.41) is 9.84. The molecular weight excluding hydrogens is 462 g/mol. The van der Waals surface area contributed by atoms with E-state index in [0.717, 1.165) is 54.3 Å². The predicted octanol–water partition coefficient (Wildman–Crippen LogP) is 6.32. The second kappa shape index (κ2) is 9.26. The zero-order valence-electron chi connectivity index (χ0n) is 20.8. The Morgan fingerprint density at radius 3 is 2.49 bits per heavy atom. The molecule has 0 unspecified atom stereocenters. The van der Waals surface area contributed by atoms with Crippen molar-refractivity contribution in [2.24, 2.45) is 0 Å². The average molecular weight is 494 g/mol. The molecule has 0 spiro atoms. The van der Waals surface area contributed by atoms with E-state index in [1.165, 1.54) is 5.69 Å². The molecule has 35 heavy (non-hydrogen) atoms. The second-order valence-corrected chi connectivity index (χ2v) is 11.1. The van der Waals surface area contributed by atoms with Gasteiger partial charge in [-0.15, -0.1) is 10.2 Å². The van der Waals surface area contributed by atoms with Crippen molar-refractivity contribution in [3.8, 4) is 5.69 Å². The quantitative estimate of drug-likeness (QED) is 0.418. The van der Waals surface area contributed by atoms with Crippen molar-refractivity contribution in [3.05, 3.63) is 70.0 Å². The van der Waals surface area contributed by atoms with E-state index in [9.17, 15) is 4.79 Å². The Morgan fingerprint density at radius 2 is 1.77 bits per heavy atom. The van der Waals surface area contributed by atoms with Crippen molar-refractivity contribution >= 4 is 17.7 Å². The standard InChI is InChI=1S/C27H32ClN5O2/c1-17-6-5-7-22(29-17)18-8-10-19(11-9-18)25-31-30-24-16-32(26(34)35-27(2,3)4)15-20-14-21(28)12-13-23(20)33(24)25/h5-7,12-14,18-19H,8-11,15-16H2,1-4H3/t18-,19-. The first-order valence-electron chi connectivity index (χ1n) is 12.3. The summed E-state index contributed by atoms with van der Waals surface area (Å²) in [6.07, 6.45) is 3.82. The van der Waals surface area contributed by atoms with Gasteiger partial charge in [-0.25, -0.2) is 4.79 Å². The number of amides is 1. The lowest BCUT2D eigenvalue weighted by molar-refractivity contribution is 0.0214. The van der Waals surface area contributed by atoms with Crippen molar-refractivity contribution in [3.63, 3.8) is 0 Å². The number of pyridine rings is 1. The number of rotatable bonds is 2. The van der Waals surface area contributed by atoms with Crippen LogP contribution in [0.25, 0.3) is 5.69 Å². The molecule has 1 amide bonds. The van der Waals surface area contributed by atoms with E-state index in [1.807, 2.05) is 52.0 Å². The van der Waals surface area contributed by atoms with Crippen LogP contribution >= 0.6 is 11.6 Å². The van der Waals surface area contributed by atoms with E-state index in [2.05, 4.69) is 26.9 Å². The molecule has 3 aromatic rings. The zero-order chi connectivity index (χ0) is 24.7. The number of fused-ring (bicyclic) bond motifs is 3. The number of carbonyl (C=O) groups excluding carboxylic acids is 1. The number of benzene rings is 1. The van der Waals surface area contributed by atoms with Crippen LogP contribution in [-0.2, 0) is 17.8 Å². The third-order valence-electron chi connectivity index (χ3n) is 6.80. The molecule has 1 fully saturated rings. The third-order valence-corrected chi connectivity index (χ3v) is 7.04. The van der Waals surface area contributed by atoms with Crippen LogP contribution in [0.1, 0.15) is 86.9 Å². The molecule has 8 heteroatoms. The molecule has 0 bridgehead atoms. The van der Waals surface area contributed by atoms with Gasteiger partial charge in [0.25, 0.3) is 0 Å². The number of aryl methyl sites for hydroxylation is 1. The van der Waals surface area contributed by atoms with Gasteiger partial charge in [0.1, 0.15) is 11.4 Å². The predicted molar refractivity (Wildman–Crippen MR) is 135 cm³/mol. The van der Waals surface area contributed by atoms with Crippen LogP contribution in [-0.4, -0.2) is 36.3 Å². The minimum Gasteiger partial charge on any atom is -0.444 e. The van der Waals surface area contributed by atoms with Crippen LogP contribution in [0.15, 0.2) is 36.4 Å². The van der Waals surface area contributed by atoms with Crippen molar-refractivity contribution in [1.29, 1.82) is 0 Å². The molecule has 1 aliphatic carbocycles. The number of halogens is 1. The summed E-state index contributed by atoms with van der Waals surface area (Å²) in [6.45, 7) is 8.39. The van der Waals surface area contributed by atoms with E-state index in [4.69, 9.17) is 21.3 Å². The van der Waals surface area contributed by atoms with Gasteiger partial charge >= 0.3 is 6.09 Å². The van der Waals surface area contributed by atoms with Gasteiger partial charge in [0.15, 0.2) is 5.82 Å². The fourth-order valence-electron chi connectivity index (χ4n) is 5.19. The minimum atomic E-state index is -0.579. The Morgan fingerprint density at radius 1 is 1.03 bits per heavy atom. The van der Waals surface area contributed by atoms with Crippen LogP contribution in [0.5, 0.6) is 0 Å². The highest BCUT2D eigenvalue weighted by Gasteiger charge is 2.33. The van der Waals surface area contributed by atoms with E-state index < -0.39 is 5.60 Å². The fraction of sp³-hybridized carbons (Fsp3) is 0.481. The fourth-order valence-corrected chi connectivity index (χ4v) is 5.38. The molecule has 1 aliphatic heterocycles. The highest BCUT2D eigenvalue weighted by atomic mass is 35.5. The Balaban J connectivity index is 1.44. The summed E-state index contributed by atoms with van der Waals surface area (Å²) in [5.41, 5.74) is 3.62. The molecular formula is C27H32ClN5O2. The molecule has 7 nitrogen and oxygen atoms in total. The SMILES string of the molecule is Cc1cccc([C@H]2CC[C@H](c3nnc4n3-c3ccc(Cl)cc3CN(C(=O)OC(C)(C)C)C4)CC2)n1. The number of hydrogen-bond acceptors (Lipinski definition) is 5. The van der Waals surface area contributed by atoms with Gasteiger partial charge in [0.05, 0.1) is 18.8 Å². The molecule has 3 heterocycles. The monoisotopic (exact) mass is 493 g/mol. The second-order valence-electron chi connectivity index (χ2n) is 10.7. The van der Waals surface area contributed by atoms with E-state index in [1.54, 1.807) is 4.90 Å². The summed E-state index contributed by atoms with van der Waals surface area (Å²) >= 11 is 6.36. The van der Waals surface area contributed by atoms with Crippen molar-refractivity contribution in [1.82, 2.24) is 24.6 Å². The van der Waals surface area contributed by atoms with Gasteiger partial charge in [-0.05, 0) is 89.3 Å². The minimum absolute atomic E-state index is 0.300. The number of hydrogen-bond donors (Lipinski definition) is 0. The lowest BCUT2D eigenvalue weighted by Crippen LogP contribution is -2.35. The molecule has 184 valence electrons. The first kappa shape index (κ1) is 23.8. The smallest absolute Gasteiger partial charge is 0.411 e. The highest BCUT2D eigenvalue weighted by Crippen LogP contribution is 2.41.